The molecule has 0 radical (unpaired) electrons. The second kappa shape index (κ2) is 10.9. The van der Waals surface area contributed by atoms with E-state index in [0.717, 1.165) is 50.9 Å². The van der Waals surface area contributed by atoms with Crippen molar-refractivity contribution in [1.29, 1.82) is 5.26 Å². The molecule has 1 aromatic carbocycles. The van der Waals surface area contributed by atoms with Crippen molar-refractivity contribution in [3.05, 3.63) is 34.9 Å². The van der Waals surface area contributed by atoms with Gasteiger partial charge in [0.2, 0.25) is 5.91 Å². The molecule has 0 spiro atoms. The molecule has 3 N–H and O–H groups in total. The van der Waals surface area contributed by atoms with E-state index in [1.807, 2.05) is 19.1 Å². The molecule has 1 aromatic rings. The van der Waals surface area contributed by atoms with Crippen LogP contribution in [-0.2, 0) is 11.2 Å². The number of aromatic carboxylic acids is 1. The first-order valence-electron chi connectivity index (χ1n) is 11.6. The minimum absolute atomic E-state index is 0.0798. The van der Waals surface area contributed by atoms with Gasteiger partial charge in [-0.1, -0.05) is 19.9 Å². The molecule has 3 unspecified atom stereocenters. The minimum atomic E-state index is -0.880. The van der Waals surface area contributed by atoms with Crippen LogP contribution in [-0.4, -0.2) is 83.0 Å². The predicted octanol–water partition coefficient (Wildman–Crippen LogP) is 1.86. The molecule has 1 aliphatic carbocycles. The first-order valence-corrected chi connectivity index (χ1v) is 11.6. The van der Waals surface area contributed by atoms with E-state index in [9.17, 15) is 14.7 Å². The molecule has 2 aliphatic rings. The molecule has 1 amide bonds. The van der Waals surface area contributed by atoms with E-state index in [0.29, 0.717) is 30.7 Å². The van der Waals surface area contributed by atoms with Gasteiger partial charge in [-0.05, 0) is 48.9 Å². The second-order valence-corrected chi connectivity index (χ2v) is 8.86. The van der Waals surface area contributed by atoms with E-state index in [-0.39, 0.29) is 12.5 Å². The second-order valence-electron chi connectivity index (χ2n) is 8.86. The van der Waals surface area contributed by atoms with Gasteiger partial charge >= 0.3 is 5.97 Å². The summed E-state index contributed by atoms with van der Waals surface area (Å²) in [6, 6.07) is 7.62. The van der Waals surface area contributed by atoms with Crippen LogP contribution in [0.15, 0.2) is 18.2 Å². The molecule has 1 aliphatic heterocycles. The fraction of sp³-hybridized carbons (Fsp3) is 0.625. The van der Waals surface area contributed by atoms with Crippen LogP contribution in [0.1, 0.15) is 60.6 Å². The highest BCUT2D eigenvalue weighted by Gasteiger charge is 2.36. The van der Waals surface area contributed by atoms with Gasteiger partial charge in [0.15, 0.2) is 0 Å². The molecule has 1 heterocycles. The summed E-state index contributed by atoms with van der Waals surface area (Å²) in [5, 5.41) is 18.3. The van der Waals surface area contributed by atoms with Crippen LogP contribution >= 0.6 is 0 Å². The van der Waals surface area contributed by atoms with Gasteiger partial charge in [0.1, 0.15) is 6.54 Å². The molecule has 32 heavy (non-hydrogen) atoms. The van der Waals surface area contributed by atoms with Crippen molar-refractivity contribution >= 4 is 11.9 Å². The zero-order valence-corrected chi connectivity index (χ0v) is 19.2. The van der Waals surface area contributed by atoms with Crippen LogP contribution in [0.5, 0.6) is 0 Å². The Balaban J connectivity index is 1.63. The van der Waals surface area contributed by atoms with Gasteiger partial charge in [-0.25, -0.2) is 4.79 Å². The Morgan fingerprint density at radius 1 is 1.34 bits per heavy atom. The highest BCUT2D eigenvalue weighted by Crippen LogP contribution is 2.38. The smallest absolute Gasteiger partial charge is 0.335 e. The average Bonchev–Trinajstić information content (AvgIpc) is 3.21. The third kappa shape index (κ3) is 5.29. The van der Waals surface area contributed by atoms with Crippen molar-refractivity contribution in [3.63, 3.8) is 0 Å². The predicted molar refractivity (Wildman–Crippen MR) is 122 cm³/mol. The number of hydrogen-bond donors (Lipinski definition) is 2. The number of rotatable bonds is 9. The summed E-state index contributed by atoms with van der Waals surface area (Å²) in [5.41, 5.74) is 9.00. The van der Waals surface area contributed by atoms with Gasteiger partial charge < -0.3 is 15.7 Å². The molecule has 0 aromatic heterocycles. The lowest BCUT2D eigenvalue weighted by Crippen LogP contribution is -2.57. The van der Waals surface area contributed by atoms with Crippen molar-refractivity contribution in [3.8, 4) is 6.07 Å². The number of piperazine rings is 1. The van der Waals surface area contributed by atoms with Crippen molar-refractivity contribution in [2.45, 2.75) is 57.7 Å². The number of nitrogens with two attached hydrogens (primary N) is 1. The number of nitrogens with zero attached hydrogens (tertiary/aromatic N) is 4. The Kier molecular flexibility index (Phi) is 8.24. The van der Waals surface area contributed by atoms with Crippen molar-refractivity contribution in [1.82, 2.24) is 14.7 Å². The first kappa shape index (κ1) is 24.2. The normalized spacial score (nSPS) is 22.2. The lowest BCUT2D eigenvalue weighted by molar-refractivity contribution is -0.132. The maximum Gasteiger partial charge on any atom is 0.335 e. The summed E-state index contributed by atoms with van der Waals surface area (Å²) < 4.78 is 0. The standard InChI is InChI=1S/C24H35N5O3/c1-3-10-28(11-9-25)23(30)21(26)16-27-12-13-29(19(4-2)15-27)22-8-6-17-14-18(24(31)32)5-7-20(17)22/h5,7,14,19,21-22H,3-4,6,8,10-13,15-16,26H2,1-2H3,(H,31,32). The quantitative estimate of drug-likeness (QED) is 0.562. The number of fused-ring (bicyclic) bond motifs is 1. The molecule has 3 atom stereocenters. The summed E-state index contributed by atoms with van der Waals surface area (Å²) in [7, 11) is 0. The maximum atomic E-state index is 12.7. The van der Waals surface area contributed by atoms with Crippen molar-refractivity contribution in [2.75, 3.05) is 39.3 Å². The van der Waals surface area contributed by atoms with Crippen LogP contribution in [0.2, 0.25) is 0 Å². The molecule has 0 saturated carbocycles. The van der Waals surface area contributed by atoms with E-state index >= 15 is 0 Å². The number of carbonyl (C=O) groups excluding carboxylic acids is 1. The summed E-state index contributed by atoms with van der Waals surface area (Å²) in [5.74, 6) is -1.03. The van der Waals surface area contributed by atoms with Crippen LogP contribution in [0.4, 0.5) is 0 Å². The fourth-order valence-corrected chi connectivity index (χ4v) is 5.16. The topological polar surface area (TPSA) is 114 Å². The SMILES string of the molecule is CCCN(CC#N)C(=O)C(N)CN1CCN(C2CCc3cc(C(=O)O)ccc32)C(CC)C1. The third-order valence-electron chi connectivity index (χ3n) is 6.76. The molecule has 1 fully saturated rings. The first-order chi connectivity index (χ1) is 15.4. The fourth-order valence-electron chi connectivity index (χ4n) is 5.16. The third-order valence-corrected chi connectivity index (χ3v) is 6.76. The molecular weight excluding hydrogens is 406 g/mol. The van der Waals surface area contributed by atoms with Gasteiger partial charge in [-0.15, -0.1) is 0 Å². The number of aryl methyl sites for hydroxylation is 1. The number of carbonyl (C=O) groups is 2. The molecule has 1 saturated heterocycles. The number of hydrogen-bond acceptors (Lipinski definition) is 6. The Morgan fingerprint density at radius 3 is 2.78 bits per heavy atom. The van der Waals surface area contributed by atoms with Crippen molar-refractivity contribution in [2.24, 2.45) is 5.73 Å². The maximum absolute atomic E-state index is 12.7. The van der Waals surface area contributed by atoms with Gasteiger partial charge in [0.25, 0.3) is 0 Å². The van der Waals surface area contributed by atoms with Gasteiger partial charge in [-0.3, -0.25) is 14.6 Å². The molecule has 8 heteroatoms. The van der Waals surface area contributed by atoms with E-state index in [4.69, 9.17) is 11.0 Å². The van der Waals surface area contributed by atoms with Crippen LogP contribution in [0.25, 0.3) is 0 Å². The van der Waals surface area contributed by atoms with Crippen LogP contribution in [0, 0.1) is 11.3 Å². The van der Waals surface area contributed by atoms with Gasteiger partial charge in [0.05, 0.1) is 17.7 Å². The Labute approximate surface area is 190 Å². The van der Waals surface area contributed by atoms with E-state index in [1.54, 1.807) is 11.0 Å². The van der Waals surface area contributed by atoms with E-state index < -0.39 is 12.0 Å². The van der Waals surface area contributed by atoms with Crippen molar-refractivity contribution < 1.29 is 14.7 Å². The summed E-state index contributed by atoms with van der Waals surface area (Å²) in [4.78, 5) is 30.4. The lowest BCUT2D eigenvalue weighted by atomic mass is 10.00. The average molecular weight is 442 g/mol. The van der Waals surface area contributed by atoms with E-state index in [1.165, 1.54) is 5.56 Å². The van der Waals surface area contributed by atoms with E-state index in [2.05, 4.69) is 22.8 Å². The molecule has 0 bridgehead atoms. The van der Waals surface area contributed by atoms with Gasteiger partial charge in [0, 0.05) is 44.8 Å². The Hall–Kier alpha value is -2.47. The largest absolute Gasteiger partial charge is 0.478 e. The monoisotopic (exact) mass is 441 g/mol. The minimum Gasteiger partial charge on any atom is -0.478 e. The highest BCUT2D eigenvalue weighted by molar-refractivity contribution is 5.88. The van der Waals surface area contributed by atoms with Crippen LogP contribution in [0.3, 0.4) is 0 Å². The number of benzene rings is 1. The number of nitriles is 1. The number of carboxylic acids is 1. The summed E-state index contributed by atoms with van der Waals surface area (Å²) in [6.45, 7) is 7.88. The van der Waals surface area contributed by atoms with Gasteiger partial charge in [-0.2, -0.15) is 5.26 Å². The highest BCUT2D eigenvalue weighted by atomic mass is 16.4. The summed E-state index contributed by atoms with van der Waals surface area (Å²) in [6.07, 6.45) is 3.71. The molecule has 8 nitrogen and oxygen atoms in total. The lowest BCUT2D eigenvalue weighted by Gasteiger charge is -2.45. The zero-order chi connectivity index (χ0) is 23.3. The zero-order valence-electron chi connectivity index (χ0n) is 19.2. The van der Waals surface area contributed by atoms with Crippen LogP contribution < -0.4 is 5.73 Å². The molecule has 3 rings (SSSR count). The summed E-state index contributed by atoms with van der Waals surface area (Å²) >= 11 is 0. The Bertz CT molecular complexity index is 868. The molecule has 174 valence electrons. The Morgan fingerprint density at radius 2 is 2.12 bits per heavy atom. The number of amides is 1. The number of carboxylic acid groups (broad SMARTS) is 1. The molecular formula is C24H35N5O3.